The summed E-state index contributed by atoms with van der Waals surface area (Å²) < 4.78 is 2.09. The van der Waals surface area contributed by atoms with Crippen LogP contribution in [0.25, 0.3) is 11.0 Å². The number of rotatable bonds is 5. The highest BCUT2D eigenvalue weighted by molar-refractivity contribution is 6.30. The molecule has 1 aromatic carbocycles. The molecule has 0 bridgehead atoms. The second-order valence-electron chi connectivity index (χ2n) is 5.17. The Morgan fingerprint density at radius 1 is 1.22 bits per heavy atom. The molecule has 3 rings (SSSR count). The highest BCUT2D eigenvalue weighted by Crippen LogP contribution is 2.14. The third-order valence-corrected chi connectivity index (χ3v) is 3.70. The lowest BCUT2D eigenvalue weighted by molar-refractivity contribution is 0.252. The Hall–Kier alpha value is -2.53. The van der Waals surface area contributed by atoms with Crippen molar-refractivity contribution in [3.05, 3.63) is 59.9 Å². The molecule has 0 saturated heterocycles. The second-order valence-corrected chi connectivity index (χ2v) is 5.61. The fraction of sp³-hybridized carbons (Fsp3) is 0.176. The predicted octanol–water partition coefficient (Wildman–Crippen LogP) is 3.90. The third-order valence-electron chi connectivity index (χ3n) is 3.47. The van der Waals surface area contributed by atoms with Crippen LogP contribution in [-0.4, -0.2) is 22.1 Å². The van der Waals surface area contributed by atoms with Crippen molar-refractivity contribution >= 4 is 34.4 Å². The van der Waals surface area contributed by atoms with Crippen LogP contribution in [0, 0.1) is 0 Å². The van der Waals surface area contributed by atoms with Gasteiger partial charge in [-0.1, -0.05) is 17.7 Å². The van der Waals surface area contributed by atoms with E-state index in [1.807, 2.05) is 24.4 Å². The summed E-state index contributed by atoms with van der Waals surface area (Å²) in [6.07, 6.45) is 4.63. The molecule has 118 valence electrons. The van der Waals surface area contributed by atoms with Crippen LogP contribution in [0.2, 0.25) is 5.02 Å². The van der Waals surface area contributed by atoms with Gasteiger partial charge in [-0.15, -0.1) is 0 Å². The first-order valence-corrected chi connectivity index (χ1v) is 7.80. The molecule has 2 N–H and O–H groups in total. The van der Waals surface area contributed by atoms with Crippen LogP contribution in [0.15, 0.2) is 54.9 Å². The number of carbonyl (C=O) groups is 1. The maximum Gasteiger partial charge on any atom is 0.319 e. The van der Waals surface area contributed by atoms with Gasteiger partial charge in [0.15, 0.2) is 0 Å². The Balaban J connectivity index is 1.45. The van der Waals surface area contributed by atoms with Gasteiger partial charge in [0.25, 0.3) is 0 Å². The van der Waals surface area contributed by atoms with Crippen molar-refractivity contribution in [3.8, 4) is 0 Å². The van der Waals surface area contributed by atoms with Gasteiger partial charge in [-0.05, 0) is 42.8 Å². The molecule has 0 fully saturated rings. The third kappa shape index (κ3) is 4.02. The standard InChI is InChI=1S/C17H17ClN4O/c18-14-5-1-6-15(12-14)21-17(23)20-9-3-10-22-11-7-13-4-2-8-19-16(13)22/h1-2,4-8,11-12H,3,9-10H2,(H2,20,21,23). The summed E-state index contributed by atoms with van der Waals surface area (Å²) in [4.78, 5) is 16.2. The maximum atomic E-state index is 11.8. The molecular formula is C17H17ClN4O. The normalized spacial score (nSPS) is 10.7. The second kappa shape index (κ2) is 7.15. The molecule has 3 aromatic rings. The van der Waals surface area contributed by atoms with Crippen molar-refractivity contribution in [2.45, 2.75) is 13.0 Å². The largest absolute Gasteiger partial charge is 0.338 e. The van der Waals surface area contributed by atoms with Gasteiger partial charge < -0.3 is 15.2 Å². The monoisotopic (exact) mass is 328 g/mol. The summed E-state index contributed by atoms with van der Waals surface area (Å²) in [5, 5.41) is 7.30. The lowest BCUT2D eigenvalue weighted by Crippen LogP contribution is -2.30. The van der Waals surface area contributed by atoms with E-state index in [0.29, 0.717) is 17.3 Å². The summed E-state index contributed by atoms with van der Waals surface area (Å²) in [7, 11) is 0. The minimum Gasteiger partial charge on any atom is -0.338 e. The van der Waals surface area contributed by atoms with Crippen molar-refractivity contribution in [2.75, 3.05) is 11.9 Å². The molecule has 0 spiro atoms. The van der Waals surface area contributed by atoms with Gasteiger partial charge in [0.05, 0.1) is 0 Å². The van der Waals surface area contributed by atoms with Crippen LogP contribution >= 0.6 is 11.6 Å². The number of hydrogen-bond acceptors (Lipinski definition) is 2. The summed E-state index contributed by atoms with van der Waals surface area (Å²) in [6.45, 7) is 1.39. The minimum absolute atomic E-state index is 0.234. The quantitative estimate of drug-likeness (QED) is 0.698. The number of aromatic nitrogens is 2. The predicted molar refractivity (Wildman–Crippen MR) is 92.8 cm³/mol. The van der Waals surface area contributed by atoms with Crippen LogP contribution in [0.1, 0.15) is 6.42 Å². The number of aryl methyl sites for hydroxylation is 1. The van der Waals surface area contributed by atoms with Gasteiger partial charge in [0.2, 0.25) is 0 Å². The van der Waals surface area contributed by atoms with Crippen LogP contribution in [0.4, 0.5) is 10.5 Å². The number of hydrogen-bond donors (Lipinski definition) is 2. The molecule has 2 heterocycles. The molecule has 0 radical (unpaired) electrons. The molecule has 0 aliphatic rings. The van der Waals surface area contributed by atoms with Crippen molar-refractivity contribution in [1.82, 2.24) is 14.9 Å². The van der Waals surface area contributed by atoms with E-state index < -0.39 is 0 Å². The number of halogens is 1. The number of fused-ring (bicyclic) bond motifs is 1. The topological polar surface area (TPSA) is 59.0 Å². The lowest BCUT2D eigenvalue weighted by atomic mass is 10.3. The average Bonchev–Trinajstić information content (AvgIpc) is 2.95. The zero-order valence-corrected chi connectivity index (χ0v) is 13.3. The summed E-state index contributed by atoms with van der Waals surface area (Å²) in [5.41, 5.74) is 1.64. The van der Waals surface area contributed by atoms with Crippen LogP contribution in [-0.2, 0) is 6.54 Å². The number of carbonyl (C=O) groups excluding carboxylic acids is 1. The molecule has 2 amide bonds. The number of benzene rings is 1. The number of nitrogens with zero attached hydrogens (tertiary/aromatic N) is 2. The van der Waals surface area contributed by atoms with E-state index in [1.165, 1.54) is 0 Å². The van der Waals surface area contributed by atoms with E-state index >= 15 is 0 Å². The molecule has 0 saturated carbocycles. The molecule has 0 aliphatic carbocycles. The fourth-order valence-corrected chi connectivity index (χ4v) is 2.58. The smallest absolute Gasteiger partial charge is 0.319 e. The Morgan fingerprint density at radius 2 is 2.13 bits per heavy atom. The van der Waals surface area contributed by atoms with E-state index in [1.54, 1.807) is 30.5 Å². The number of nitrogens with one attached hydrogen (secondary N) is 2. The molecule has 0 aliphatic heterocycles. The average molecular weight is 329 g/mol. The van der Waals surface area contributed by atoms with Gasteiger partial charge in [-0.25, -0.2) is 9.78 Å². The van der Waals surface area contributed by atoms with Crippen molar-refractivity contribution in [3.63, 3.8) is 0 Å². The first-order chi connectivity index (χ1) is 11.2. The number of pyridine rings is 1. The fourth-order valence-electron chi connectivity index (χ4n) is 2.39. The van der Waals surface area contributed by atoms with Crippen LogP contribution in [0.5, 0.6) is 0 Å². The highest BCUT2D eigenvalue weighted by Gasteiger charge is 2.03. The summed E-state index contributed by atoms with van der Waals surface area (Å²) in [6, 6.07) is 12.8. The minimum atomic E-state index is -0.234. The van der Waals surface area contributed by atoms with E-state index in [9.17, 15) is 4.79 Å². The zero-order chi connectivity index (χ0) is 16.1. The molecule has 2 aromatic heterocycles. The van der Waals surface area contributed by atoms with E-state index in [2.05, 4.69) is 20.2 Å². The van der Waals surface area contributed by atoms with Gasteiger partial charge in [0.1, 0.15) is 5.65 Å². The number of amides is 2. The van der Waals surface area contributed by atoms with Gasteiger partial charge in [0, 0.05) is 41.6 Å². The summed E-state index contributed by atoms with van der Waals surface area (Å²) in [5.74, 6) is 0. The van der Waals surface area contributed by atoms with Crippen LogP contribution < -0.4 is 10.6 Å². The maximum absolute atomic E-state index is 11.8. The first-order valence-electron chi connectivity index (χ1n) is 7.43. The molecule has 0 atom stereocenters. The summed E-state index contributed by atoms with van der Waals surface area (Å²) >= 11 is 5.88. The van der Waals surface area contributed by atoms with E-state index in [4.69, 9.17) is 11.6 Å². The van der Waals surface area contributed by atoms with Crippen LogP contribution in [0.3, 0.4) is 0 Å². The lowest BCUT2D eigenvalue weighted by Gasteiger charge is -2.08. The van der Waals surface area contributed by atoms with Crippen molar-refractivity contribution in [2.24, 2.45) is 0 Å². The first kappa shape index (κ1) is 15.4. The highest BCUT2D eigenvalue weighted by atomic mass is 35.5. The Kier molecular flexibility index (Phi) is 4.78. The van der Waals surface area contributed by atoms with Gasteiger partial charge >= 0.3 is 6.03 Å². The Bertz CT molecular complexity index is 815. The van der Waals surface area contributed by atoms with E-state index in [0.717, 1.165) is 24.0 Å². The number of anilines is 1. The Labute approximate surface area is 139 Å². The molecule has 5 nitrogen and oxygen atoms in total. The molecule has 6 heteroatoms. The Morgan fingerprint density at radius 3 is 3.00 bits per heavy atom. The van der Waals surface area contributed by atoms with Crippen molar-refractivity contribution in [1.29, 1.82) is 0 Å². The molecular weight excluding hydrogens is 312 g/mol. The van der Waals surface area contributed by atoms with Gasteiger partial charge in [-0.2, -0.15) is 0 Å². The zero-order valence-electron chi connectivity index (χ0n) is 12.5. The SMILES string of the molecule is O=C(NCCCn1ccc2cccnc21)Nc1cccc(Cl)c1. The molecule has 0 unspecified atom stereocenters. The molecule has 23 heavy (non-hydrogen) atoms. The van der Waals surface area contributed by atoms with Crippen molar-refractivity contribution < 1.29 is 4.79 Å². The van der Waals surface area contributed by atoms with E-state index in [-0.39, 0.29) is 6.03 Å². The van der Waals surface area contributed by atoms with Gasteiger partial charge in [-0.3, -0.25) is 0 Å². The number of urea groups is 1.